The summed E-state index contributed by atoms with van der Waals surface area (Å²) in [4.78, 5) is 13.8. The average Bonchev–Trinajstić information content (AvgIpc) is 2.36. The van der Waals surface area contributed by atoms with E-state index in [0.717, 1.165) is 13.1 Å². The fourth-order valence-electron chi connectivity index (χ4n) is 2.25. The van der Waals surface area contributed by atoms with E-state index in [-0.39, 0.29) is 17.9 Å². The van der Waals surface area contributed by atoms with E-state index in [1.807, 2.05) is 6.92 Å². The lowest BCUT2D eigenvalue weighted by atomic mass is 9.98. The number of methoxy groups -OCH3 is 1. The highest BCUT2D eigenvalue weighted by Crippen LogP contribution is 2.17. The number of hydrogen-bond donors (Lipinski definition) is 1. The molecule has 1 rings (SSSR count). The van der Waals surface area contributed by atoms with Crippen molar-refractivity contribution in [3.63, 3.8) is 0 Å². The van der Waals surface area contributed by atoms with Crippen LogP contribution in [0, 0.1) is 5.92 Å². The first-order chi connectivity index (χ1) is 7.57. The second-order valence-electron chi connectivity index (χ2n) is 4.72. The SMILES string of the molecule is COC(=O)C(C)C(C)N(C)C1CCCNC1. The molecule has 1 aliphatic rings. The number of piperidine rings is 1. The van der Waals surface area contributed by atoms with Crippen molar-refractivity contribution in [2.75, 3.05) is 27.2 Å². The van der Waals surface area contributed by atoms with Gasteiger partial charge in [-0.05, 0) is 33.4 Å². The van der Waals surface area contributed by atoms with Gasteiger partial charge in [0.05, 0.1) is 13.0 Å². The maximum Gasteiger partial charge on any atom is 0.309 e. The zero-order valence-electron chi connectivity index (χ0n) is 10.8. The van der Waals surface area contributed by atoms with Gasteiger partial charge in [-0.2, -0.15) is 0 Å². The van der Waals surface area contributed by atoms with Gasteiger partial charge in [-0.15, -0.1) is 0 Å². The van der Waals surface area contributed by atoms with Crippen molar-refractivity contribution in [1.82, 2.24) is 10.2 Å². The molecule has 0 aliphatic carbocycles. The molecule has 1 heterocycles. The van der Waals surface area contributed by atoms with Gasteiger partial charge in [0.15, 0.2) is 0 Å². The van der Waals surface area contributed by atoms with Crippen LogP contribution in [0.1, 0.15) is 26.7 Å². The maximum atomic E-state index is 11.5. The van der Waals surface area contributed by atoms with Crippen LogP contribution in [-0.2, 0) is 9.53 Å². The van der Waals surface area contributed by atoms with Crippen molar-refractivity contribution in [2.24, 2.45) is 5.92 Å². The molecule has 16 heavy (non-hydrogen) atoms. The molecule has 4 heteroatoms. The minimum atomic E-state index is -0.122. The monoisotopic (exact) mass is 228 g/mol. The molecule has 0 aromatic rings. The summed E-state index contributed by atoms with van der Waals surface area (Å²) < 4.78 is 4.79. The number of esters is 1. The number of hydrogen-bond acceptors (Lipinski definition) is 4. The molecule has 0 saturated carbocycles. The summed E-state index contributed by atoms with van der Waals surface area (Å²) in [6.45, 7) is 6.17. The molecule has 3 atom stereocenters. The third kappa shape index (κ3) is 3.19. The number of rotatable bonds is 4. The first-order valence-electron chi connectivity index (χ1n) is 6.08. The number of likely N-dealkylation sites (N-methyl/N-ethyl adjacent to an activating group) is 1. The van der Waals surface area contributed by atoms with Crippen molar-refractivity contribution in [2.45, 2.75) is 38.8 Å². The van der Waals surface area contributed by atoms with Crippen LogP contribution in [-0.4, -0.2) is 50.2 Å². The Morgan fingerprint density at radius 1 is 1.50 bits per heavy atom. The van der Waals surface area contributed by atoms with E-state index >= 15 is 0 Å². The van der Waals surface area contributed by atoms with E-state index in [0.29, 0.717) is 6.04 Å². The minimum absolute atomic E-state index is 0.0723. The second-order valence-corrected chi connectivity index (χ2v) is 4.72. The van der Waals surface area contributed by atoms with Crippen molar-refractivity contribution in [1.29, 1.82) is 0 Å². The van der Waals surface area contributed by atoms with Crippen molar-refractivity contribution in [3.05, 3.63) is 0 Å². The summed E-state index contributed by atoms with van der Waals surface area (Å²) >= 11 is 0. The Kier molecular flexibility index (Phi) is 5.22. The van der Waals surface area contributed by atoms with Gasteiger partial charge in [0.25, 0.3) is 0 Å². The van der Waals surface area contributed by atoms with Gasteiger partial charge >= 0.3 is 5.97 Å². The molecule has 94 valence electrons. The summed E-state index contributed by atoms with van der Waals surface area (Å²) in [5, 5.41) is 3.39. The quantitative estimate of drug-likeness (QED) is 0.725. The predicted molar refractivity (Wildman–Crippen MR) is 64.3 cm³/mol. The third-order valence-corrected chi connectivity index (χ3v) is 3.79. The molecule has 3 unspecified atom stereocenters. The van der Waals surface area contributed by atoms with Gasteiger partial charge in [-0.1, -0.05) is 6.92 Å². The first kappa shape index (κ1) is 13.5. The highest BCUT2D eigenvalue weighted by atomic mass is 16.5. The van der Waals surface area contributed by atoms with Crippen LogP contribution in [0.25, 0.3) is 0 Å². The lowest BCUT2D eigenvalue weighted by Crippen LogP contribution is -2.50. The molecule has 0 aromatic carbocycles. The van der Waals surface area contributed by atoms with Crippen LogP contribution in [0.5, 0.6) is 0 Å². The van der Waals surface area contributed by atoms with Gasteiger partial charge in [0.2, 0.25) is 0 Å². The topological polar surface area (TPSA) is 41.6 Å². The molecular weight excluding hydrogens is 204 g/mol. The summed E-state index contributed by atoms with van der Waals surface area (Å²) in [5.74, 6) is -0.194. The lowest BCUT2D eigenvalue weighted by molar-refractivity contribution is -0.147. The third-order valence-electron chi connectivity index (χ3n) is 3.79. The van der Waals surface area contributed by atoms with Crippen LogP contribution in [0.3, 0.4) is 0 Å². The van der Waals surface area contributed by atoms with Crippen molar-refractivity contribution in [3.8, 4) is 0 Å². The molecule has 0 aromatic heterocycles. The number of carbonyl (C=O) groups is 1. The van der Waals surface area contributed by atoms with Gasteiger partial charge in [0.1, 0.15) is 0 Å². The van der Waals surface area contributed by atoms with Crippen LogP contribution in [0.2, 0.25) is 0 Å². The molecule has 1 saturated heterocycles. The molecule has 0 spiro atoms. The van der Waals surface area contributed by atoms with Crippen LogP contribution in [0.4, 0.5) is 0 Å². The zero-order valence-corrected chi connectivity index (χ0v) is 10.8. The molecular formula is C12H24N2O2. The van der Waals surface area contributed by atoms with Gasteiger partial charge in [-0.3, -0.25) is 9.69 Å². The van der Waals surface area contributed by atoms with Crippen molar-refractivity contribution < 1.29 is 9.53 Å². The Bertz CT molecular complexity index is 227. The largest absolute Gasteiger partial charge is 0.469 e. The zero-order chi connectivity index (χ0) is 12.1. The second kappa shape index (κ2) is 6.21. The fourth-order valence-corrected chi connectivity index (χ4v) is 2.25. The molecule has 1 fully saturated rings. The fraction of sp³-hybridized carbons (Fsp3) is 0.917. The highest BCUT2D eigenvalue weighted by Gasteiger charge is 2.28. The standard InChI is InChI=1S/C12H24N2O2/c1-9(12(15)16-4)10(2)14(3)11-6-5-7-13-8-11/h9-11,13H,5-8H2,1-4H3. The normalized spacial score (nSPS) is 25.2. The van der Waals surface area contributed by atoms with Gasteiger partial charge in [0, 0.05) is 18.6 Å². The smallest absolute Gasteiger partial charge is 0.309 e. The molecule has 0 amide bonds. The van der Waals surface area contributed by atoms with Crippen molar-refractivity contribution >= 4 is 5.97 Å². The lowest BCUT2D eigenvalue weighted by Gasteiger charge is -2.37. The van der Waals surface area contributed by atoms with E-state index in [1.54, 1.807) is 0 Å². The summed E-state index contributed by atoms with van der Waals surface area (Å²) in [6.07, 6.45) is 2.43. The number of ether oxygens (including phenoxy) is 1. The number of nitrogens with one attached hydrogen (secondary N) is 1. The Morgan fingerprint density at radius 3 is 2.69 bits per heavy atom. The van der Waals surface area contributed by atoms with Gasteiger partial charge in [-0.25, -0.2) is 0 Å². The molecule has 0 radical (unpaired) electrons. The molecule has 0 bridgehead atoms. The highest BCUT2D eigenvalue weighted by molar-refractivity contribution is 5.72. The Balaban J connectivity index is 2.51. The molecule has 4 nitrogen and oxygen atoms in total. The predicted octanol–water partition coefficient (Wildman–Crippen LogP) is 0.868. The van der Waals surface area contributed by atoms with Crippen LogP contribution in [0.15, 0.2) is 0 Å². The number of carbonyl (C=O) groups excluding carboxylic acids is 1. The molecule has 1 aliphatic heterocycles. The Hall–Kier alpha value is -0.610. The van der Waals surface area contributed by atoms with Gasteiger partial charge < -0.3 is 10.1 Å². The summed E-state index contributed by atoms with van der Waals surface area (Å²) in [6, 6.07) is 0.758. The van der Waals surface area contributed by atoms with Crippen LogP contribution >= 0.6 is 0 Å². The van der Waals surface area contributed by atoms with E-state index in [1.165, 1.54) is 20.0 Å². The Morgan fingerprint density at radius 2 is 2.19 bits per heavy atom. The van der Waals surface area contributed by atoms with E-state index in [2.05, 4.69) is 24.2 Å². The van der Waals surface area contributed by atoms with Crippen LogP contribution < -0.4 is 5.32 Å². The summed E-state index contributed by atoms with van der Waals surface area (Å²) in [5.41, 5.74) is 0. The number of nitrogens with zero attached hydrogens (tertiary/aromatic N) is 1. The van der Waals surface area contributed by atoms with E-state index < -0.39 is 0 Å². The molecule has 1 N–H and O–H groups in total. The van der Waals surface area contributed by atoms with E-state index in [9.17, 15) is 4.79 Å². The average molecular weight is 228 g/mol. The maximum absolute atomic E-state index is 11.5. The Labute approximate surface area is 98.3 Å². The minimum Gasteiger partial charge on any atom is -0.469 e. The van der Waals surface area contributed by atoms with E-state index in [4.69, 9.17) is 4.74 Å². The first-order valence-corrected chi connectivity index (χ1v) is 6.08. The summed E-state index contributed by atoms with van der Waals surface area (Å²) in [7, 11) is 3.55.